The van der Waals surface area contributed by atoms with Gasteiger partial charge < -0.3 is 21.1 Å². The zero-order valence-electron chi connectivity index (χ0n) is 16.1. The Morgan fingerprint density at radius 3 is 2.57 bits per heavy atom. The quantitative estimate of drug-likeness (QED) is 0.561. The number of ether oxygens (including phenoxy) is 1. The van der Waals surface area contributed by atoms with Gasteiger partial charge in [-0.05, 0) is 31.2 Å². The van der Waals surface area contributed by atoms with Gasteiger partial charge in [0.05, 0.1) is 30.1 Å². The lowest BCUT2D eigenvalue weighted by Crippen LogP contribution is -2.25. The highest BCUT2D eigenvalue weighted by Gasteiger charge is 2.32. The lowest BCUT2D eigenvalue weighted by Gasteiger charge is -2.14. The summed E-state index contributed by atoms with van der Waals surface area (Å²) < 4.78 is 43.0. The molecule has 0 aliphatic heterocycles. The van der Waals surface area contributed by atoms with Crippen LogP contribution in [-0.4, -0.2) is 40.6 Å². The second kappa shape index (κ2) is 8.49. The maximum atomic E-state index is 12.8. The molecule has 11 heteroatoms. The van der Waals surface area contributed by atoms with Crippen LogP contribution in [0.5, 0.6) is 6.01 Å². The van der Waals surface area contributed by atoms with Gasteiger partial charge in [0.2, 0.25) is 0 Å². The molecule has 2 heterocycles. The van der Waals surface area contributed by atoms with Crippen molar-refractivity contribution in [2.75, 3.05) is 24.3 Å². The van der Waals surface area contributed by atoms with Crippen LogP contribution in [0, 0.1) is 0 Å². The van der Waals surface area contributed by atoms with Crippen molar-refractivity contribution in [2.45, 2.75) is 19.1 Å². The van der Waals surface area contributed by atoms with Gasteiger partial charge >= 0.3 is 12.2 Å². The molecule has 4 N–H and O–H groups in total. The molecule has 0 aliphatic rings. The van der Waals surface area contributed by atoms with Crippen molar-refractivity contribution >= 4 is 28.2 Å². The van der Waals surface area contributed by atoms with Crippen LogP contribution in [0.1, 0.15) is 23.0 Å². The summed E-state index contributed by atoms with van der Waals surface area (Å²) in [5.41, 5.74) is 6.03. The molecule has 0 saturated heterocycles. The fourth-order valence-electron chi connectivity index (χ4n) is 2.64. The predicted octanol–water partition coefficient (Wildman–Crippen LogP) is 3.06. The number of halogens is 3. The number of pyridine rings is 1. The zero-order valence-corrected chi connectivity index (χ0v) is 16.1. The smallest absolute Gasteiger partial charge is 0.433 e. The number of benzene rings is 1. The summed E-state index contributed by atoms with van der Waals surface area (Å²) in [6.07, 6.45) is -2.10. The second-order valence-electron chi connectivity index (χ2n) is 6.52. The topological polar surface area (TPSA) is 115 Å². The molecule has 0 saturated carbocycles. The maximum absolute atomic E-state index is 12.8. The molecule has 2 aromatic heterocycles. The number of anilines is 2. The molecule has 0 radical (unpaired) electrons. The molecule has 0 fully saturated rings. The number of amides is 1. The molecule has 1 amide bonds. The Balaban J connectivity index is 1.94. The molecule has 1 atom stereocenters. The molecule has 30 heavy (non-hydrogen) atoms. The van der Waals surface area contributed by atoms with Crippen LogP contribution >= 0.6 is 0 Å². The Kier molecular flexibility index (Phi) is 6.01. The minimum Gasteiger partial charge on any atom is -0.467 e. The van der Waals surface area contributed by atoms with Crippen LogP contribution in [0.4, 0.5) is 24.5 Å². The van der Waals surface area contributed by atoms with Gasteiger partial charge in [-0.15, -0.1) is 0 Å². The fourth-order valence-corrected chi connectivity index (χ4v) is 2.64. The van der Waals surface area contributed by atoms with Crippen LogP contribution in [0.2, 0.25) is 0 Å². The minimum absolute atomic E-state index is 0.0667. The van der Waals surface area contributed by atoms with Crippen LogP contribution < -0.4 is 21.1 Å². The number of nitrogens with one attached hydrogen (secondary N) is 2. The number of aromatic nitrogens is 3. The van der Waals surface area contributed by atoms with E-state index in [1.165, 1.54) is 13.3 Å². The van der Waals surface area contributed by atoms with E-state index >= 15 is 0 Å². The highest BCUT2D eigenvalue weighted by molar-refractivity contribution is 6.13. The number of carbonyl (C=O) groups excluding carboxylic acids is 1. The summed E-state index contributed by atoms with van der Waals surface area (Å²) in [6, 6.07) is 5.11. The van der Waals surface area contributed by atoms with Gasteiger partial charge in [-0.3, -0.25) is 4.79 Å². The first kappa shape index (κ1) is 21.2. The maximum Gasteiger partial charge on any atom is 0.433 e. The van der Waals surface area contributed by atoms with Crippen LogP contribution in [0.3, 0.4) is 0 Å². The largest absolute Gasteiger partial charge is 0.467 e. The molecular formula is C19H19F3N6O2. The molecule has 158 valence electrons. The summed E-state index contributed by atoms with van der Waals surface area (Å²) in [5.74, 6) is -0.568. The number of hydrogen-bond donors (Lipinski definition) is 3. The van der Waals surface area contributed by atoms with E-state index in [0.29, 0.717) is 23.1 Å². The highest BCUT2D eigenvalue weighted by atomic mass is 19.4. The van der Waals surface area contributed by atoms with E-state index in [1.807, 2.05) is 6.92 Å². The van der Waals surface area contributed by atoms with E-state index in [0.717, 1.165) is 18.3 Å². The zero-order chi connectivity index (χ0) is 21.9. The Labute approximate surface area is 169 Å². The van der Waals surface area contributed by atoms with Crippen molar-refractivity contribution in [3.8, 4) is 6.01 Å². The molecule has 1 aromatic carbocycles. The van der Waals surface area contributed by atoms with Gasteiger partial charge in [0.25, 0.3) is 5.91 Å². The first-order valence-corrected chi connectivity index (χ1v) is 8.87. The first-order valence-electron chi connectivity index (χ1n) is 8.87. The average molecular weight is 420 g/mol. The summed E-state index contributed by atoms with van der Waals surface area (Å²) in [7, 11) is 1.40. The highest BCUT2D eigenvalue weighted by Crippen LogP contribution is 2.29. The number of alkyl halides is 3. The lowest BCUT2D eigenvalue weighted by atomic mass is 10.1. The van der Waals surface area contributed by atoms with Gasteiger partial charge in [0.15, 0.2) is 0 Å². The van der Waals surface area contributed by atoms with Gasteiger partial charge in [-0.25, -0.2) is 9.97 Å². The van der Waals surface area contributed by atoms with Crippen molar-refractivity contribution in [1.29, 1.82) is 0 Å². The van der Waals surface area contributed by atoms with Gasteiger partial charge in [0.1, 0.15) is 5.69 Å². The summed E-state index contributed by atoms with van der Waals surface area (Å²) in [4.78, 5) is 24.5. The number of nitrogens with two attached hydrogens (primary N) is 1. The summed E-state index contributed by atoms with van der Waals surface area (Å²) >= 11 is 0. The third-order valence-electron chi connectivity index (χ3n) is 4.08. The Morgan fingerprint density at radius 2 is 1.97 bits per heavy atom. The van der Waals surface area contributed by atoms with Crippen LogP contribution in [0.25, 0.3) is 10.9 Å². The number of rotatable bonds is 6. The fraction of sp³-hybridized carbons (Fsp3) is 0.263. The van der Waals surface area contributed by atoms with E-state index in [1.54, 1.807) is 12.1 Å². The molecular weight excluding hydrogens is 401 g/mol. The first-order chi connectivity index (χ1) is 14.2. The molecule has 0 aliphatic carbocycles. The van der Waals surface area contributed by atoms with Crippen LogP contribution in [-0.2, 0) is 6.18 Å². The van der Waals surface area contributed by atoms with Gasteiger partial charge in [-0.2, -0.15) is 18.2 Å². The van der Waals surface area contributed by atoms with Crippen molar-refractivity contribution in [1.82, 2.24) is 15.0 Å². The number of methoxy groups -OCH3 is 1. The standard InChI is InChI=1S/C19H19F3N6O2/c1-10(23)7-24-14-5-4-12(16-13(14)9-26-18(28-16)30-2)17(29)27-11-3-6-15(25-8-11)19(20,21)22/h3-6,8-10,24H,7,23H2,1-2H3,(H,27,29)/t10-/m1/s1. The SMILES string of the molecule is COc1ncc2c(NC[C@@H](C)N)ccc(C(=O)Nc3ccc(C(F)(F)F)nc3)c2n1. The summed E-state index contributed by atoms with van der Waals surface area (Å²) in [6.45, 7) is 2.33. The molecule has 3 aromatic rings. The summed E-state index contributed by atoms with van der Waals surface area (Å²) in [5, 5.41) is 6.26. The molecule has 0 bridgehead atoms. The molecule has 8 nitrogen and oxygen atoms in total. The van der Waals surface area contributed by atoms with Crippen molar-refractivity contribution < 1.29 is 22.7 Å². The lowest BCUT2D eigenvalue weighted by molar-refractivity contribution is -0.141. The van der Waals surface area contributed by atoms with Crippen molar-refractivity contribution in [3.63, 3.8) is 0 Å². The van der Waals surface area contributed by atoms with Gasteiger partial charge in [-0.1, -0.05) is 0 Å². The van der Waals surface area contributed by atoms with Crippen molar-refractivity contribution in [2.24, 2.45) is 5.73 Å². The van der Waals surface area contributed by atoms with E-state index in [-0.39, 0.29) is 23.3 Å². The van der Waals surface area contributed by atoms with Gasteiger partial charge in [0, 0.05) is 29.9 Å². The molecule has 3 rings (SSSR count). The second-order valence-corrected chi connectivity index (χ2v) is 6.52. The van der Waals surface area contributed by atoms with E-state index < -0.39 is 17.8 Å². The number of carbonyl (C=O) groups is 1. The predicted molar refractivity (Wildman–Crippen MR) is 105 cm³/mol. The Hall–Kier alpha value is -3.47. The minimum atomic E-state index is -4.56. The monoisotopic (exact) mass is 420 g/mol. The molecule has 0 unspecified atom stereocenters. The third-order valence-corrected chi connectivity index (χ3v) is 4.08. The Morgan fingerprint density at radius 1 is 1.20 bits per heavy atom. The Bertz CT molecular complexity index is 1050. The molecule has 0 spiro atoms. The third kappa shape index (κ3) is 4.74. The van der Waals surface area contributed by atoms with Crippen LogP contribution in [0.15, 0.2) is 36.7 Å². The normalized spacial score (nSPS) is 12.5. The number of nitrogens with zero attached hydrogens (tertiary/aromatic N) is 3. The number of fused-ring (bicyclic) bond motifs is 1. The van der Waals surface area contributed by atoms with Crippen molar-refractivity contribution in [3.05, 3.63) is 47.9 Å². The number of hydrogen-bond acceptors (Lipinski definition) is 7. The van der Waals surface area contributed by atoms with E-state index in [4.69, 9.17) is 10.5 Å². The average Bonchev–Trinajstić information content (AvgIpc) is 2.71. The van der Waals surface area contributed by atoms with E-state index in [9.17, 15) is 18.0 Å². The van der Waals surface area contributed by atoms with E-state index in [2.05, 4.69) is 25.6 Å².